The van der Waals surface area contributed by atoms with Crippen molar-refractivity contribution >= 4 is 5.57 Å². The van der Waals surface area contributed by atoms with Crippen LogP contribution in [0.4, 0.5) is 0 Å². The smallest absolute Gasteiger partial charge is 0.0205 e. The number of fused-ring (bicyclic) bond motifs is 1. The second kappa shape index (κ2) is 3.11. The van der Waals surface area contributed by atoms with Crippen LogP contribution in [0.25, 0.3) is 5.57 Å². The summed E-state index contributed by atoms with van der Waals surface area (Å²) in [4.78, 5) is 0. The second-order valence-corrected chi connectivity index (χ2v) is 3.19. The first-order valence-corrected chi connectivity index (χ1v) is 4.35. The Kier molecular flexibility index (Phi) is 1.96. The monoisotopic (exact) mass is 159 g/mol. The Labute approximate surface area is 73.1 Å². The van der Waals surface area contributed by atoms with E-state index in [0.29, 0.717) is 0 Å². The zero-order valence-corrected chi connectivity index (χ0v) is 7.14. The average Bonchev–Trinajstić information content (AvgIpc) is 2.29. The van der Waals surface area contributed by atoms with Crippen molar-refractivity contribution in [3.8, 4) is 0 Å². The molecule has 2 rings (SSSR count). The molecule has 62 valence electrons. The molecule has 0 bridgehead atoms. The molecule has 0 amide bonds. The normalized spacial score (nSPS) is 16.8. The average molecular weight is 159 g/mol. The van der Waals surface area contributed by atoms with E-state index in [1.165, 1.54) is 16.7 Å². The fraction of sp³-hybridized carbons (Fsp3) is 0.273. The van der Waals surface area contributed by atoms with Crippen molar-refractivity contribution in [3.05, 3.63) is 42.0 Å². The Morgan fingerprint density at radius 1 is 1.25 bits per heavy atom. The van der Waals surface area contributed by atoms with Crippen LogP contribution in [-0.4, -0.2) is 13.1 Å². The van der Waals surface area contributed by atoms with Crippen LogP contribution in [0.1, 0.15) is 11.1 Å². The van der Waals surface area contributed by atoms with Crippen molar-refractivity contribution < 1.29 is 0 Å². The van der Waals surface area contributed by atoms with Gasteiger partial charge in [0.2, 0.25) is 0 Å². The maximum absolute atomic E-state index is 4.05. The predicted molar refractivity (Wildman–Crippen MR) is 52.0 cm³/mol. The predicted octanol–water partition coefficient (Wildman–Crippen LogP) is 1.85. The van der Waals surface area contributed by atoms with Crippen LogP contribution >= 0.6 is 0 Å². The summed E-state index contributed by atoms with van der Waals surface area (Å²) in [6, 6.07) is 8.52. The highest BCUT2D eigenvalue weighted by Crippen LogP contribution is 2.19. The lowest BCUT2D eigenvalue weighted by Gasteiger charge is -2.05. The van der Waals surface area contributed by atoms with Gasteiger partial charge in [-0.1, -0.05) is 30.8 Å². The fourth-order valence-electron chi connectivity index (χ4n) is 1.64. The number of hydrogen-bond acceptors (Lipinski definition) is 1. The van der Waals surface area contributed by atoms with Gasteiger partial charge in [0, 0.05) is 6.54 Å². The standard InChI is InChI=1S/C11H13N/c1-9-8-12-7-6-10-4-2-3-5-11(9)10/h2-5,12H,1,6-8H2. The summed E-state index contributed by atoms with van der Waals surface area (Å²) in [7, 11) is 0. The highest BCUT2D eigenvalue weighted by molar-refractivity contribution is 5.68. The third-order valence-corrected chi connectivity index (χ3v) is 2.31. The van der Waals surface area contributed by atoms with Crippen molar-refractivity contribution in [1.82, 2.24) is 5.32 Å². The molecule has 1 aromatic carbocycles. The van der Waals surface area contributed by atoms with Crippen molar-refractivity contribution in [3.63, 3.8) is 0 Å². The topological polar surface area (TPSA) is 12.0 Å². The van der Waals surface area contributed by atoms with Crippen molar-refractivity contribution in [1.29, 1.82) is 0 Å². The van der Waals surface area contributed by atoms with E-state index in [-0.39, 0.29) is 0 Å². The molecule has 0 saturated carbocycles. The number of benzene rings is 1. The van der Waals surface area contributed by atoms with Gasteiger partial charge in [-0.15, -0.1) is 0 Å². The van der Waals surface area contributed by atoms with E-state index in [0.717, 1.165) is 19.5 Å². The van der Waals surface area contributed by atoms with E-state index in [1.54, 1.807) is 0 Å². The highest BCUT2D eigenvalue weighted by atomic mass is 14.9. The molecule has 0 saturated heterocycles. The molecule has 0 radical (unpaired) electrons. The van der Waals surface area contributed by atoms with Crippen LogP contribution in [0.15, 0.2) is 30.8 Å². The largest absolute Gasteiger partial charge is 0.312 e. The summed E-state index contributed by atoms with van der Waals surface area (Å²) in [6.07, 6.45) is 1.12. The minimum Gasteiger partial charge on any atom is -0.312 e. The van der Waals surface area contributed by atoms with E-state index in [1.807, 2.05) is 0 Å². The third-order valence-electron chi connectivity index (χ3n) is 2.31. The Bertz CT molecular complexity index is 302. The van der Waals surface area contributed by atoms with E-state index >= 15 is 0 Å². The molecule has 0 fully saturated rings. The second-order valence-electron chi connectivity index (χ2n) is 3.19. The van der Waals surface area contributed by atoms with Gasteiger partial charge in [-0.2, -0.15) is 0 Å². The van der Waals surface area contributed by atoms with Gasteiger partial charge in [-0.05, 0) is 29.7 Å². The van der Waals surface area contributed by atoms with Crippen molar-refractivity contribution in [2.24, 2.45) is 0 Å². The lowest BCUT2D eigenvalue weighted by atomic mass is 10.0. The molecule has 1 nitrogen and oxygen atoms in total. The van der Waals surface area contributed by atoms with Gasteiger partial charge in [-0.25, -0.2) is 0 Å². The minimum atomic E-state index is 0.928. The fourth-order valence-corrected chi connectivity index (χ4v) is 1.64. The quantitative estimate of drug-likeness (QED) is 0.609. The summed E-state index contributed by atoms with van der Waals surface area (Å²) in [6.45, 7) is 6.05. The SMILES string of the molecule is C=C1CNCCc2ccccc21. The van der Waals surface area contributed by atoms with Crippen LogP contribution in [0.3, 0.4) is 0 Å². The molecular weight excluding hydrogens is 146 g/mol. The summed E-state index contributed by atoms with van der Waals surface area (Å²) in [5, 5.41) is 3.34. The lowest BCUT2D eigenvalue weighted by Crippen LogP contribution is -2.15. The maximum Gasteiger partial charge on any atom is 0.0205 e. The van der Waals surface area contributed by atoms with Gasteiger partial charge in [0.25, 0.3) is 0 Å². The molecule has 0 aliphatic carbocycles. The molecule has 0 atom stereocenters. The third kappa shape index (κ3) is 1.28. The van der Waals surface area contributed by atoms with Gasteiger partial charge < -0.3 is 5.32 Å². The van der Waals surface area contributed by atoms with Crippen molar-refractivity contribution in [2.75, 3.05) is 13.1 Å². The molecular formula is C11H13N. The zero-order chi connectivity index (χ0) is 8.39. The van der Waals surface area contributed by atoms with E-state index in [4.69, 9.17) is 0 Å². The number of nitrogens with one attached hydrogen (secondary N) is 1. The Morgan fingerprint density at radius 3 is 3.00 bits per heavy atom. The Hall–Kier alpha value is -1.08. The first-order valence-electron chi connectivity index (χ1n) is 4.35. The number of rotatable bonds is 0. The minimum absolute atomic E-state index is 0.928. The van der Waals surface area contributed by atoms with Crippen LogP contribution in [0, 0.1) is 0 Å². The van der Waals surface area contributed by atoms with Gasteiger partial charge in [0.05, 0.1) is 0 Å². The molecule has 0 spiro atoms. The molecule has 1 aliphatic rings. The highest BCUT2D eigenvalue weighted by Gasteiger charge is 2.08. The molecule has 0 aromatic heterocycles. The van der Waals surface area contributed by atoms with Crippen LogP contribution in [-0.2, 0) is 6.42 Å². The summed E-state index contributed by atoms with van der Waals surface area (Å²) >= 11 is 0. The van der Waals surface area contributed by atoms with Crippen LogP contribution in [0.2, 0.25) is 0 Å². The van der Waals surface area contributed by atoms with Crippen LogP contribution < -0.4 is 5.32 Å². The van der Waals surface area contributed by atoms with E-state index in [2.05, 4.69) is 36.2 Å². The molecule has 1 aliphatic heterocycles. The summed E-state index contributed by atoms with van der Waals surface area (Å²) in [5.74, 6) is 0. The molecule has 12 heavy (non-hydrogen) atoms. The van der Waals surface area contributed by atoms with Gasteiger partial charge in [0.15, 0.2) is 0 Å². The van der Waals surface area contributed by atoms with Gasteiger partial charge in [-0.3, -0.25) is 0 Å². The van der Waals surface area contributed by atoms with Gasteiger partial charge >= 0.3 is 0 Å². The summed E-state index contributed by atoms with van der Waals surface area (Å²) < 4.78 is 0. The molecule has 0 unspecified atom stereocenters. The first-order chi connectivity index (χ1) is 5.88. The Balaban J connectivity index is 2.46. The lowest BCUT2D eigenvalue weighted by molar-refractivity contribution is 0.766. The molecule has 1 heteroatoms. The Morgan fingerprint density at radius 2 is 2.08 bits per heavy atom. The molecule has 1 N–H and O–H groups in total. The summed E-state index contributed by atoms with van der Waals surface area (Å²) in [5.41, 5.74) is 3.97. The molecule has 1 aromatic rings. The zero-order valence-electron chi connectivity index (χ0n) is 7.14. The van der Waals surface area contributed by atoms with Gasteiger partial charge in [0.1, 0.15) is 0 Å². The molecule has 1 heterocycles. The first kappa shape index (κ1) is 7.56. The number of hydrogen-bond donors (Lipinski definition) is 1. The van der Waals surface area contributed by atoms with E-state index in [9.17, 15) is 0 Å². The van der Waals surface area contributed by atoms with Crippen LogP contribution in [0.5, 0.6) is 0 Å². The van der Waals surface area contributed by atoms with Crippen molar-refractivity contribution in [2.45, 2.75) is 6.42 Å². The maximum atomic E-state index is 4.05. The van der Waals surface area contributed by atoms with E-state index < -0.39 is 0 Å².